The number of pyridine rings is 1. The van der Waals surface area contributed by atoms with Gasteiger partial charge in [0.2, 0.25) is 5.91 Å². The molecule has 0 aliphatic carbocycles. The van der Waals surface area contributed by atoms with E-state index in [2.05, 4.69) is 35.1 Å². The molecule has 2 aliphatic heterocycles. The maximum Gasteiger partial charge on any atom is 0.305 e. The van der Waals surface area contributed by atoms with Crippen molar-refractivity contribution in [3.63, 3.8) is 0 Å². The lowest BCUT2D eigenvalue weighted by molar-refractivity contribution is -0.138. The van der Waals surface area contributed by atoms with E-state index in [-0.39, 0.29) is 24.0 Å². The van der Waals surface area contributed by atoms with E-state index in [1.807, 2.05) is 44.0 Å². The first kappa shape index (κ1) is 25.7. The highest BCUT2D eigenvalue weighted by atomic mass is 16.5. The number of morpholine rings is 1. The van der Waals surface area contributed by atoms with E-state index in [0.29, 0.717) is 37.6 Å². The first-order chi connectivity index (χ1) is 16.0. The molecule has 0 aromatic carbocycles. The third-order valence-corrected chi connectivity index (χ3v) is 6.18. The Balaban J connectivity index is 1.81. The number of amides is 1. The predicted molar refractivity (Wildman–Crippen MR) is 132 cm³/mol. The fraction of sp³-hybridized carbons (Fsp3) is 0.577. The molecule has 1 unspecified atom stereocenters. The lowest BCUT2D eigenvalue weighted by Gasteiger charge is -2.39. The summed E-state index contributed by atoms with van der Waals surface area (Å²) < 4.78 is 5.81. The fourth-order valence-electron chi connectivity index (χ4n) is 4.40. The number of allylic oxidation sites excluding steroid dienone is 2. The average Bonchev–Trinajstić information content (AvgIpc) is 2.76. The van der Waals surface area contributed by atoms with Crippen molar-refractivity contribution in [3.05, 3.63) is 47.9 Å². The van der Waals surface area contributed by atoms with E-state index >= 15 is 0 Å². The zero-order valence-corrected chi connectivity index (χ0v) is 21.0. The van der Waals surface area contributed by atoms with Crippen LogP contribution >= 0.6 is 0 Å². The van der Waals surface area contributed by atoms with Gasteiger partial charge in [0.25, 0.3) is 0 Å². The molecule has 1 amide bonds. The summed E-state index contributed by atoms with van der Waals surface area (Å²) in [5, 5.41) is 12.6. The van der Waals surface area contributed by atoms with Crippen LogP contribution in [0.5, 0.6) is 0 Å². The lowest BCUT2D eigenvalue weighted by Crippen LogP contribution is -2.48. The number of nitrogens with one attached hydrogen (secondary N) is 1. The van der Waals surface area contributed by atoms with Gasteiger partial charge in [0.05, 0.1) is 36.6 Å². The summed E-state index contributed by atoms with van der Waals surface area (Å²) in [6, 6.07) is 0.882. The Kier molecular flexibility index (Phi) is 8.36. The standard InChI is InChI=1S/C26H38N4O4/c1-18(2)12-23(29-8-6-19(3)7-9-29)25(33)28-22(14-24(31)32)20-13-21(16-27-15-20)30-10-11-34-26(4,5)17-30/h6-8,13,15-16,18,22-23H,9-12,14,17H2,1-5H3,(H,28,33)(H,31,32)/t22-,23?/m0/s1. The van der Waals surface area contributed by atoms with Crippen LogP contribution in [-0.2, 0) is 14.3 Å². The molecule has 0 radical (unpaired) electrons. The molecule has 1 aromatic heterocycles. The smallest absolute Gasteiger partial charge is 0.305 e. The van der Waals surface area contributed by atoms with E-state index in [1.54, 1.807) is 12.4 Å². The number of hydrogen-bond donors (Lipinski definition) is 2. The van der Waals surface area contributed by atoms with E-state index in [0.717, 1.165) is 17.8 Å². The molecule has 1 aromatic rings. The highest BCUT2D eigenvalue weighted by Crippen LogP contribution is 2.27. The molecule has 0 spiro atoms. The molecule has 0 bridgehead atoms. The van der Waals surface area contributed by atoms with Crippen LogP contribution in [0.3, 0.4) is 0 Å². The zero-order chi connectivity index (χ0) is 24.9. The SMILES string of the molecule is CC1=CCN(C(CC(C)C)C(=O)N[C@@H](CC(=O)O)c2cncc(N3CCOC(C)(C)C3)c2)C=C1. The Morgan fingerprint density at radius 3 is 2.68 bits per heavy atom. The number of rotatable bonds is 9. The van der Waals surface area contributed by atoms with Gasteiger partial charge in [-0.25, -0.2) is 0 Å². The second-order valence-electron chi connectivity index (χ2n) is 10.3. The Bertz CT molecular complexity index is 940. The summed E-state index contributed by atoms with van der Waals surface area (Å²) in [6.45, 7) is 13.0. The zero-order valence-electron chi connectivity index (χ0n) is 21.0. The maximum atomic E-state index is 13.4. The molecule has 8 heteroatoms. The van der Waals surface area contributed by atoms with E-state index in [4.69, 9.17) is 4.74 Å². The molecule has 34 heavy (non-hydrogen) atoms. The molecule has 2 N–H and O–H groups in total. The maximum absolute atomic E-state index is 13.4. The number of aliphatic carboxylic acids is 1. The summed E-state index contributed by atoms with van der Waals surface area (Å²) in [5.74, 6) is -0.834. The van der Waals surface area contributed by atoms with Crippen molar-refractivity contribution >= 4 is 17.6 Å². The van der Waals surface area contributed by atoms with Gasteiger partial charge in [-0.15, -0.1) is 0 Å². The van der Waals surface area contributed by atoms with Crippen molar-refractivity contribution in [2.24, 2.45) is 5.92 Å². The first-order valence-corrected chi connectivity index (χ1v) is 12.0. The number of carbonyl (C=O) groups excluding carboxylic acids is 1. The molecule has 2 aliphatic rings. The van der Waals surface area contributed by atoms with Crippen molar-refractivity contribution in [1.82, 2.24) is 15.2 Å². The molecule has 2 atom stereocenters. The van der Waals surface area contributed by atoms with Gasteiger partial charge >= 0.3 is 5.97 Å². The quantitative estimate of drug-likeness (QED) is 0.570. The van der Waals surface area contributed by atoms with Crippen LogP contribution < -0.4 is 10.2 Å². The van der Waals surface area contributed by atoms with Crippen molar-refractivity contribution < 1.29 is 19.4 Å². The molecule has 3 heterocycles. The van der Waals surface area contributed by atoms with E-state index in [1.165, 1.54) is 0 Å². The van der Waals surface area contributed by atoms with Crippen LogP contribution in [0.1, 0.15) is 59.1 Å². The van der Waals surface area contributed by atoms with Gasteiger partial charge in [-0.1, -0.05) is 25.5 Å². The number of nitrogens with zero attached hydrogens (tertiary/aromatic N) is 3. The van der Waals surface area contributed by atoms with Gasteiger partial charge in [-0.2, -0.15) is 0 Å². The molecule has 3 rings (SSSR count). The number of aromatic nitrogens is 1. The molecule has 0 saturated carbocycles. The highest BCUT2D eigenvalue weighted by Gasteiger charge is 2.30. The van der Waals surface area contributed by atoms with Crippen LogP contribution in [0.2, 0.25) is 0 Å². The number of ether oxygens (including phenoxy) is 1. The van der Waals surface area contributed by atoms with Crippen LogP contribution in [0.15, 0.2) is 42.4 Å². The third kappa shape index (κ3) is 7.06. The van der Waals surface area contributed by atoms with Gasteiger partial charge in [-0.3, -0.25) is 14.6 Å². The Morgan fingerprint density at radius 1 is 1.29 bits per heavy atom. The van der Waals surface area contributed by atoms with Gasteiger partial charge in [0.15, 0.2) is 0 Å². The summed E-state index contributed by atoms with van der Waals surface area (Å²) >= 11 is 0. The summed E-state index contributed by atoms with van der Waals surface area (Å²) in [4.78, 5) is 33.7. The van der Waals surface area contributed by atoms with Gasteiger partial charge in [-0.05, 0) is 50.8 Å². The molecule has 8 nitrogen and oxygen atoms in total. The topological polar surface area (TPSA) is 95.0 Å². The second kappa shape index (κ2) is 11.0. The van der Waals surface area contributed by atoms with Crippen LogP contribution in [-0.4, -0.2) is 64.8 Å². The number of carboxylic acid groups (broad SMARTS) is 1. The summed E-state index contributed by atoms with van der Waals surface area (Å²) in [7, 11) is 0. The van der Waals surface area contributed by atoms with Gasteiger partial charge < -0.3 is 25.0 Å². The van der Waals surface area contributed by atoms with E-state index in [9.17, 15) is 14.7 Å². The minimum atomic E-state index is -0.972. The summed E-state index contributed by atoms with van der Waals surface area (Å²) in [6.07, 6.45) is 9.92. The molecule has 1 fully saturated rings. The van der Waals surface area contributed by atoms with Crippen LogP contribution in [0.25, 0.3) is 0 Å². The predicted octanol–water partition coefficient (Wildman–Crippen LogP) is 3.52. The first-order valence-electron chi connectivity index (χ1n) is 12.0. The van der Waals surface area contributed by atoms with Crippen molar-refractivity contribution in [2.75, 3.05) is 31.1 Å². The fourth-order valence-corrected chi connectivity index (χ4v) is 4.40. The average molecular weight is 471 g/mol. The van der Waals surface area contributed by atoms with E-state index < -0.39 is 12.0 Å². The number of carbonyl (C=O) groups is 2. The van der Waals surface area contributed by atoms with Gasteiger partial charge in [0, 0.05) is 32.0 Å². The van der Waals surface area contributed by atoms with Crippen molar-refractivity contribution in [2.45, 2.75) is 65.1 Å². The third-order valence-electron chi connectivity index (χ3n) is 6.18. The minimum absolute atomic E-state index is 0.171. The monoisotopic (exact) mass is 470 g/mol. The normalized spacial score (nSPS) is 19.5. The number of hydrogen-bond acceptors (Lipinski definition) is 6. The minimum Gasteiger partial charge on any atom is -0.481 e. The Labute approximate surface area is 202 Å². The van der Waals surface area contributed by atoms with Crippen LogP contribution in [0.4, 0.5) is 5.69 Å². The van der Waals surface area contributed by atoms with Crippen LogP contribution in [0, 0.1) is 5.92 Å². The molecule has 186 valence electrons. The van der Waals surface area contributed by atoms with Crippen molar-refractivity contribution in [1.29, 1.82) is 0 Å². The highest BCUT2D eigenvalue weighted by molar-refractivity contribution is 5.83. The largest absolute Gasteiger partial charge is 0.481 e. The molecule has 1 saturated heterocycles. The van der Waals surface area contributed by atoms with Crippen molar-refractivity contribution in [3.8, 4) is 0 Å². The summed E-state index contributed by atoms with van der Waals surface area (Å²) in [5.41, 5.74) is 2.47. The second-order valence-corrected chi connectivity index (χ2v) is 10.3. The number of anilines is 1. The number of carboxylic acids is 1. The van der Waals surface area contributed by atoms with Gasteiger partial charge in [0.1, 0.15) is 6.04 Å². The Morgan fingerprint density at radius 2 is 2.06 bits per heavy atom. The molecular formula is C26H38N4O4. The Hall–Kier alpha value is -2.87. The molecular weight excluding hydrogens is 432 g/mol. The lowest BCUT2D eigenvalue weighted by atomic mass is 9.99.